The summed E-state index contributed by atoms with van der Waals surface area (Å²) in [5.74, 6) is 1.50. The summed E-state index contributed by atoms with van der Waals surface area (Å²) >= 11 is 1.80. The number of aryl methyl sites for hydroxylation is 1. The molecule has 0 spiro atoms. The number of rotatable bonds is 8. The number of benzene rings is 2. The number of nitrogens with one attached hydrogen (secondary N) is 1. The lowest BCUT2D eigenvalue weighted by Crippen LogP contribution is -2.44. The molecule has 0 saturated carbocycles. The van der Waals surface area contributed by atoms with Gasteiger partial charge in [-0.3, -0.25) is 4.79 Å². The van der Waals surface area contributed by atoms with E-state index in [1.165, 1.54) is 12.1 Å². The normalized spacial score (nSPS) is 15.1. The van der Waals surface area contributed by atoms with Gasteiger partial charge in [0.25, 0.3) is 0 Å². The van der Waals surface area contributed by atoms with E-state index in [-0.39, 0.29) is 11.3 Å². The molecule has 0 unspecified atom stereocenters. The minimum Gasteiger partial charge on any atom is -0.462 e. The van der Waals surface area contributed by atoms with Crippen molar-refractivity contribution >= 4 is 33.8 Å². The van der Waals surface area contributed by atoms with E-state index < -0.39 is 34.2 Å². The Labute approximate surface area is 205 Å². The van der Waals surface area contributed by atoms with Crippen molar-refractivity contribution in [3.63, 3.8) is 0 Å². The van der Waals surface area contributed by atoms with Gasteiger partial charge < -0.3 is 14.4 Å². The van der Waals surface area contributed by atoms with Crippen LogP contribution >= 0.6 is 11.8 Å². The number of carbonyl (C=O) groups excluding carboxylic acids is 2. The smallest absolute Gasteiger partial charge is 0.415 e. The molecule has 0 radical (unpaired) electrons. The lowest BCUT2D eigenvalue weighted by Gasteiger charge is -2.25. The van der Waals surface area contributed by atoms with E-state index in [0.717, 1.165) is 17.1 Å². The van der Waals surface area contributed by atoms with Crippen LogP contribution in [0.25, 0.3) is 0 Å². The standard InChI is InChI=1S/C24H30N2O6S2/c1-17(2)31-23(27)22(25-34(29,30)21-10-4-18(3)5-11-21)16-19-6-8-20(9-7-19)32-24(28)26-12-14-33-15-13-26/h4-11,17,22,25H,12-16H2,1-3H3/t22-/m0/s1. The lowest BCUT2D eigenvalue weighted by molar-refractivity contribution is -0.149. The molecule has 34 heavy (non-hydrogen) atoms. The van der Waals surface area contributed by atoms with Crippen LogP contribution in [0.4, 0.5) is 4.79 Å². The van der Waals surface area contributed by atoms with Gasteiger partial charge in [-0.2, -0.15) is 16.5 Å². The van der Waals surface area contributed by atoms with E-state index in [4.69, 9.17) is 9.47 Å². The van der Waals surface area contributed by atoms with Crippen molar-refractivity contribution in [3.8, 4) is 5.75 Å². The summed E-state index contributed by atoms with van der Waals surface area (Å²) in [5.41, 5.74) is 1.61. The highest BCUT2D eigenvalue weighted by Gasteiger charge is 2.28. The molecule has 1 amide bonds. The molecule has 1 saturated heterocycles. The lowest BCUT2D eigenvalue weighted by atomic mass is 10.1. The van der Waals surface area contributed by atoms with Gasteiger partial charge in [-0.15, -0.1) is 0 Å². The number of esters is 1. The summed E-state index contributed by atoms with van der Waals surface area (Å²) in [4.78, 5) is 26.7. The van der Waals surface area contributed by atoms with Crippen LogP contribution in [-0.2, 0) is 26.0 Å². The van der Waals surface area contributed by atoms with Crippen LogP contribution in [0.1, 0.15) is 25.0 Å². The van der Waals surface area contributed by atoms with Crippen molar-refractivity contribution in [2.45, 2.75) is 44.2 Å². The number of amides is 1. The maximum atomic E-state index is 12.9. The third-order valence-electron chi connectivity index (χ3n) is 5.10. The molecule has 1 heterocycles. The average Bonchev–Trinajstić information content (AvgIpc) is 2.80. The van der Waals surface area contributed by atoms with E-state index in [1.54, 1.807) is 66.9 Å². The zero-order valence-electron chi connectivity index (χ0n) is 19.5. The van der Waals surface area contributed by atoms with Gasteiger partial charge in [0.1, 0.15) is 11.8 Å². The fourth-order valence-corrected chi connectivity index (χ4v) is 5.39. The van der Waals surface area contributed by atoms with Crippen molar-refractivity contribution in [3.05, 3.63) is 59.7 Å². The number of carbonyl (C=O) groups is 2. The second-order valence-corrected chi connectivity index (χ2v) is 11.2. The summed E-state index contributed by atoms with van der Waals surface area (Å²) in [6.45, 7) is 6.57. The first-order valence-corrected chi connectivity index (χ1v) is 13.7. The number of thioether (sulfide) groups is 1. The summed E-state index contributed by atoms with van der Waals surface area (Å²) in [5, 5.41) is 0. The topological polar surface area (TPSA) is 102 Å². The molecule has 0 aliphatic carbocycles. The molecule has 1 fully saturated rings. The Morgan fingerprint density at radius 1 is 1.03 bits per heavy atom. The number of sulfonamides is 1. The highest BCUT2D eigenvalue weighted by molar-refractivity contribution is 7.99. The van der Waals surface area contributed by atoms with Crippen molar-refractivity contribution < 1.29 is 27.5 Å². The van der Waals surface area contributed by atoms with Crippen LogP contribution < -0.4 is 9.46 Å². The first-order chi connectivity index (χ1) is 16.1. The number of nitrogens with zero attached hydrogens (tertiary/aromatic N) is 1. The number of hydrogen-bond donors (Lipinski definition) is 1. The van der Waals surface area contributed by atoms with Gasteiger partial charge in [-0.05, 0) is 57.0 Å². The second-order valence-electron chi connectivity index (χ2n) is 8.29. The Morgan fingerprint density at radius 2 is 1.65 bits per heavy atom. The molecular formula is C24H30N2O6S2. The second kappa shape index (κ2) is 11.7. The summed E-state index contributed by atoms with van der Waals surface area (Å²) in [7, 11) is -3.94. The van der Waals surface area contributed by atoms with E-state index >= 15 is 0 Å². The summed E-state index contributed by atoms with van der Waals surface area (Å²) in [6, 6.07) is 11.9. The van der Waals surface area contributed by atoms with Gasteiger partial charge in [-0.1, -0.05) is 29.8 Å². The van der Waals surface area contributed by atoms with Gasteiger partial charge in [0, 0.05) is 24.6 Å². The fourth-order valence-electron chi connectivity index (χ4n) is 3.30. The predicted molar refractivity (Wildman–Crippen MR) is 132 cm³/mol. The molecular weight excluding hydrogens is 476 g/mol. The molecule has 1 aliphatic heterocycles. The molecule has 2 aromatic rings. The zero-order valence-corrected chi connectivity index (χ0v) is 21.2. The third kappa shape index (κ3) is 7.48. The van der Waals surface area contributed by atoms with E-state index in [0.29, 0.717) is 24.4 Å². The minimum atomic E-state index is -3.94. The molecule has 184 valence electrons. The molecule has 0 bridgehead atoms. The largest absolute Gasteiger partial charge is 0.462 e. The number of ether oxygens (including phenoxy) is 2. The minimum absolute atomic E-state index is 0.0684. The van der Waals surface area contributed by atoms with Gasteiger partial charge >= 0.3 is 12.1 Å². The van der Waals surface area contributed by atoms with Crippen LogP contribution in [-0.4, -0.2) is 62.1 Å². The molecule has 0 aromatic heterocycles. The van der Waals surface area contributed by atoms with Crippen LogP contribution in [0.5, 0.6) is 5.75 Å². The Kier molecular flexibility index (Phi) is 8.98. The van der Waals surface area contributed by atoms with E-state index in [2.05, 4.69) is 4.72 Å². The molecule has 10 heteroatoms. The quantitative estimate of drug-likeness (QED) is 0.548. The maximum Gasteiger partial charge on any atom is 0.415 e. The van der Waals surface area contributed by atoms with Crippen LogP contribution in [0.15, 0.2) is 53.4 Å². The predicted octanol–water partition coefficient (Wildman–Crippen LogP) is 3.38. The first kappa shape index (κ1) is 26.1. The van der Waals surface area contributed by atoms with Crippen molar-refractivity contribution in [2.75, 3.05) is 24.6 Å². The third-order valence-corrected chi connectivity index (χ3v) is 7.53. The monoisotopic (exact) mass is 506 g/mol. The summed E-state index contributed by atoms with van der Waals surface area (Å²) in [6.07, 6.45) is -0.708. The van der Waals surface area contributed by atoms with Crippen LogP contribution in [0.3, 0.4) is 0 Å². The average molecular weight is 507 g/mol. The van der Waals surface area contributed by atoms with Crippen molar-refractivity contribution in [1.29, 1.82) is 0 Å². The Morgan fingerprint density at radius 3 is 2.24 bits per heavy atom. The van der Waals surface area contributed by atoms with Gasteiger partial charge in [0.15, 0.2) is 0 Å². The van der Waals surface area contributed by atoms with Crippen molar-refractivity contribution in [2.24, 2.45) is 0 Å². The molecule has 2 aromatic carbocycles. The first-order valence-electron chi connectivity index (χ1n) is 11.1. The number of hydrogen-bond acceptors (Lipinski definition) is 7. The fraction of sp³-hybridized carbons (Fsp3) is 0.417. The van der Waals surface area contributed by atoms with Crippen LogP contribution in [0, 0.1) is 6.92 Å². The molecule has 1 aliphatic rings. The Bertz CT molecular complexity index is 1080. The Hall–Kier alpha value is -2.56. The summed E-state index contributed by atoms with van der Waals surface area (Å²) < 4.78 is 39.0. The van der Waals surface area contributed by atoms with Gasteiger partial charge in [0.2, 0.25) is 10.0 Å². The van der Waals surface area contributed by atoms with Crippen molar-refractivity contribution in [1.82, 2.24) is 9.62 Å². The SMILES string of the molecule is Cc1ccc(S(=O)(=O)N[C@@H](Cc2ccc(OC(=O)N3CCSCC3)cc2)C(=O)OC(C)C)cc1. The molecule has 1 N–H and O–H groups in total. The highest BCUT2D eigenvalue weighted by Crippen LogP contribution is 2.18. The Balaban J connectivity index is 1.71. The molecule has 3 rings (SSSR count). The van der Waals surface area contributed by atoms with Gasteiger partial charge in [-0.25, -0.2) is 13.2 Å². The zero-order chi connectivity index (χ0) is 24.7. The molecule has 8 nitrogen and oxygen atoms in total. The molecule has 1 atom stereocenters. The van der Waals surface area contributed by atoms with Gasteiger partial charge in [0.05, 0.1) is 11.0 Å². The highest BCUT2D eigenvalue weighted by atomic mass is 32.2. The van der Waals surface area contributed by atoms with Crippen LogP contribution in [0.2, 0.25) is 0 Å². The van der Waals surface area contributed by atoms with E-state index in [1.807, 2.05) is 6.92 Å². The van der Waals surface area contributed by atoms with E-state index in [9.17, 15) is 18.0 Å². The maximum absolute atomic E-state index is 12.9.